The molecule has 1 aliphatic rings. The Kier molecular flexibility index (Phi) is 6.16. The summed E-state index contributed by atoms with van der Waals surface area (Å²) < 4.78 is 10.8. The number of hydrogen-bond acceptors (Lipinski definition) is 5. The van der Waals surface area contributed by atoms with E-state index >= 15 is 0 Å². The van der Waals surface area contributed by atoms with Gasteiger partial charge < -0.3 is 14.8 Å². The number of amides is 1. The molecule has 1 heterocycles. The van der Waals surface area contributed by atoms with Crippen LogP contribution >= 0.6 is 11.3 Å². The van der Waals surface area contributed by atoms with Crippen LogP contribution in [0, 0.1) is 0 Å². The molecule has 0 spiro atoms. The fourth-order valence-electron chi connectivity index (χ4n) is 3.17. The van der Waals surface area contributed by atoms with E-state index in [2.05, 4.69) is 5.32 Å². The molecule has 27 heavy (non-hydrogen) atoms. The van der Waals surface area contributed by atoms with Gasteiger partial charge in [0.25, 0.3) is 5.91 Å². The molecular weight excluding hydrogens is 362 g/mol. The smallest absolute Gasteiger partial charge is 0.341 e. The van der Waals surface area contributed by atoms with Crippen LogP contribution in [0.4, 0.5) is 5.00 Å². The number of carbonyl (C=O) groups is 2. The zero-order valence-electron chi connectivity index (χ0n) is 16.0. The van der Waals surface area contributed by atoms with Gasteiger partial charge in [-0.15, -0.1) is 11.3 Å². The topological polar surface area (TPSA) is 64.6 Å². The number of aryl methyl sites for hydroxylation is 1. The summed E-state index contributed by atoms with van der Waals surface area (Å²) in [5.41, 5.74) is 2.04. The molecule has 2 aromatic rings. The summed E-state index contributed by atoms with van der Waals surface area (Å²) in [4.78, 5) is 26.3. The van der Waals surface area contributed by atoms with Gasteiger partial charge in [-0.3, -0.25) is 4.79 Å². The van der Waals surface area contributed by atoms with Crippen LogP contribution in [0.2, 0.25) is 0 Å². The maximum absolute atomic E-state index is 12.8. The highest BCUT2D eigenvalue weighted by Crippen LogP contribution is 2.38. The van der Waals surface area contributed by atoms with Crippen LogP contribution in [0.1, 0.15) is 64.3 Å². The molecule has 1 amide bonds. The number of carbonyl (C=O) groups excluding carboxylic acids is 2. The molecule has 0 saturated heterocycles. The van der Waals surface area contributed by atoms with E-state index in [9.17, 15) is 9.59 Å². The molecule has 0 saturated carbocycles. The van der Waals surface area contributed by atoms with Crippen molar-refractivity contribution < 1.29 is 19.1 Å². The second-order valence-corrected chi connectivity index (χ2v) is 7.83. The van der Waals surface area contributed by atoms with Crippen molar-refractivity contribution in [1.29, 1.82) is 0 Å². The van der Waals surface area contributed by atoms with Crippen LogP contribution in [0.15, 0.2) is 24.3 Å². The van der Waals surface area contributed by atoms with Crippen molar-refractivity contribution in [3.8, 4) is 5.75 Å². The minimum absolute atomic E-state index is 0.0817. The van der Waals surface area contributed by atoms with Crippen molar-refractivity contribution in [2.75, 3.05) is 12.4 Å². The lowest BCUT2D eigenvalue weighted by atomic mass is 9.95. The van der Waals surface area contributed by atoms with Gasteiger partial charge in [0.05, 0.1) is 18.8 Å². The SMILES string of the molecule is CCC(C)Oc1cccc(C(=O)Nc2sc3c(c2C(=O)OC)CCCC3)c1. The summed E-state index contributed by atoms with van der Waals surface area (Å²) in [7, 11) is 1.37. The highest BCUT2D eigenvalue weighted by molar-refractivity contribution is 7.17. The molecule has 3 rings (SSSR count). The van der Waals surface area contributed by atoms with E-state index in [1.54, 1.807) is 18.2 Å². The molecule has 1 aliphatic carbocycles. The third-order valence-corrected chi connectivity index (χ3v) is 6.00. The fraction of sp³-hybridized carbons (Fsp3) is 0.429. The molecule has 144 valence electrons. The number of rotatable bonds is 6. The fourth-order valence-corrected chi connectivity index (χ4v) is 4.45. The Morgan fingerprint density at radius 1 is 1.26 bits per heavy atom. The highest BCUT2D eigenvalue weighted by atomic mass is 32.1. The van der Waals surface area contributed by atoms with Gasteiger partial charge in [-0.25, -0.2) is 4.79 Å². The third-order valence-electron chi connectivity index (χ3n) is 4.80. The second kappa shape index (κ2) is 8.57. The average molecular weight is 388 g/mol. The second-order valence-electron chi connectivity index (χ2n) is 6.73. The van der Waals surface area contributed by atoms with Crippen molar-refractivity contribution in [2.24, 2.45) is 0 Å². The number of thiophene rings is 1. The molecule has 5 nitrogen and oxygen atoms in total. The quantitative estimate of drug-likeness (QED) is 0.720. The van der Waals surface area contributed by atoms with Crippen molar-refractivity contribution in [1.82, 2.24) is 0 Å². The number of benzene rings is 1. The van der Waals surface area contributed by atoms with Crippen LogP contribution in [0.5, 0.6) is 5.75 Å². The number of methoxy groups -OCH3 is 1. The first-order valence-corrected chi connectivity index (χ1v) is 10.2. The number of ether oxygens (including phenoxy) is 2. The predicted molar refractivity (Wildman–Crippen MR) is 107 cm³/mol. The van der Waals surface area contributed by atoms with E-state index in [1.807, 2.05) is 19.9 Å². The van der Waals surface area contributed by atoms with Gasteiger partial charge in [-0.1, -0.05) is 13.0 Å². The van der Waals surface area contributed by atoms with Crippen molar-refractivity contribution in [2.45, 2.75) is 52.1 Å². The lowest BCUT2D eigenvalue weighted by Gasteiger charge is -2.13. The van der Waals surface area contributed by atoms with Crippen LogP contribution < -0.4 is 10.1 Å². The molecule has 1 aromatic heterocycles. The number of anilines is 1. The Balaban J connectivity index is 1.85. The van der Waals surface area contributed by atoms with Gasteiger partial charge >= 0.3 is 5.97 Å². The first-order chi connectivity index (χ1) is 13.0. The zero-order valence-corrected chi connectivity index (χ0v) is 16.8. The maximum Gasteiger partial charge on any atom is 0.341 e. The summed E-state index contributed by atoms with van der Waals surface area (Å²) in [6, 6.07) is 7.11. The van der Waals surface area contributed by atoms with Crippen molar-refractivity contribution in [3.63, 3.8) is 0 Å². The van der Waals surface area contributed by atoms with Crippen molar-refractivity contribution >= 4 is 28.2 Å². The van der Waals surface area contributed by atoms with Gasteiger partial charge in [0.1, 0.15) is 10.8 Å². The van der Waals surface area contributed by atoms with Crippen LogP contribution in [0.25, 0.3) is 0 Å². The monoisotopic (exact) mass is 387 g/mol. The van der Waals surface area contributed by atoms with Crippen LogP contribution in [-0.2, 0) is 17.6 Å². The third kappa shape index (κ3) is 4.33. The lowest BCUT2D eigenvalue weighted by Crippen LogP contribution is -2.15. The Labute approximate surface area is 163 Å². The molecule has 1 aromatic carbocycles. The van der Waals surface area contributed by atoms with E-state index in [4.69, 9.17) is 9.47 Å². The Bertz CT molecular complexity index is 843. The zero-order chi connectivity index (χ0) is 19.4. The van der Waals surface area contributed by atoms with Gasteiger partial charge in [0.2, 0.25) is 0 Å². The van der Waals surface area contributed by atoms with E-state index in [0.717, 1.165) is 37.7 Å². The summed E-state index contributed by atoms with van der Waals surface area (Å²) in [5.74, 6) is 0.0163. The normalized spacial score (nSPS) is 14.2. The molecule has 0 aliphatic heterocycles. The van der Waals surface area contributed by atoms with E-state index < -0.39 is 5.97 Å². The van der Waals surface area contributed by atoms with Crippen LogP contribution in [-0.4, -0.2) is 25.1 Å². The Morgan fingerprint density at radius 2 is 2.04 bits per heavy atom. The summed E-state index contributed by atoms with van der Waals surface area (Å²) in [5, 5.41) is 3.49. The van der Waals surface area contributed by atoms with E-state index in [1.165, 1.54) is 23.3 Å². The predicted octanol–water partition coefficient (Wildman–Crippen LogP) is 4.84. The highest BCUT2D eigenvalue weighted by Gasteiger charge is 2.27. The van der Waals surface area contributed by atoms with E-state index in [-0.39, 0.29) is 12.0 Å². The summed E-state index contributed by atoms with van der Waals surface area (Å²) in [6.45, 7) is 4.04. The van der Waals surface area contributed by atoms with Gasteiger partial charge in [-0.05, 0) is 62.8 Å². The standard InChI is InChI=1S/C21H25NO4S/c1-4-13(2)26-15-9-7-8-14(12-15)19(23)22-20-18(21(24)25-3)16-10-5-6-11-17(16)27-20/h7-9,12-13H,4-6,10-11H2,1-3H3,(H,22,23). The molecule has 1 unspecified atom stereocenters. The summed E-state index contributed by atoms with van der Waals surface area (Å²) >= 11 is 1.48. The van der Waals surface area contributed by atoms with Gasteiger partial charge in [0.15, 0.2) is 0 Å². The molecule has 6 heteroatoms. The van der Waals surface area contributed by atoms with Gasteiger partial charge in [-0.2, -0.15) is 0 Å². The van der Waals surface area contributed by atoms with Crippen LogP contribution in [0.3, 0.4) is 0 Å². The molecule has 1 N–H and O–H groups in total. The van der Waals surface area contributed by atoms with Gasteiger partial charge in [0, 0.05) is 10.4 Å². The first-order valence-electron chi connectivity index (χ1n) is 9.34. The minimum Gasteiger partial charge on any atom is -0.491 e. The summed E-state index contributed by atoms with van der Waals surface area (Å²) in [6.07, 6.45) is 4.92. The van der Waals surface area contributed by atoms with E-state index in [0.29, 0.717) is 21.9 Å². The lowest BCUT2D eigenvalue weighted by molar-refractivity contribution is 0.0601. The Hall–Kier alpha value is -2.34. The largest absolute Gasteiger partial charge is 0.491 e. The minimum atomic E-state index is -0.390. The number of hydrogen-bond donors (Lipinski definition) is 1. The van der Waals surface area contributed by atoms with Crippen molar-refractivity contribution in [3.05, 3.63) is 45.8 Å². The average Bonchev–Trinajstić information content (AvgIpc) is 3.05. The molecule has 0 bridgehead atoms. The number of nitrogens with one attached hydrogen (secondary N) is 1. The maximum atomic E-state index is 12.8. The Morgan fingerprint density at radius 3 is 2.78 bits per heavy atom. The molecule has 1 atom stereocenters. The molecule has 0 radical (unpaired) electrons. The number of esters is 1. The molecule has 0 fully saturated rings. The molecular formula is C21H25NO4S. The first kappa shape index (κ1) is 19.4. The number of fused-ring (bicyclic) bond motifs is 1.